The smallest absolute Gasteiger partial charge is 0.275 e. The summed E-state index contributed by atoms with van der Waals surface area (Å²) in [5.74, 6) is 0.811. The number of nitrogens with one attached hydrogen (secondary N) is 2. The van der Waals surface area contributed by atoms with Crippen molar-refractivity contribution in [3.05, 3.63) is 71.2 Å². The van der Waals surface area contributed by atoms with Gasteiger partial charge in [0.05, 0.1) is 7.11 Å². The van der Waals surface area contributed by atoms with Gasteiger partial charge in [-0.15, -0.1) is 0 Å². The number of aromatic nitrogens is 2. The van der Waals surface area contributed by atoms with Crippen molar-refractivity contribution in [3.8, 4) is 5.75 Å². The molecular weight excluding hydrogens is 360 g/mol. The SMILES string of the molecule is COc1cccc(CCNC(=O)c2cccc(C(=O)Nc3cc(C)on3)n2)c1. The van der Waals surface area contributed by atoms with Crippen LogP contribution in [0.2, 0.25) is 0 Å². The second-order valence-electron chi connectivity index (χ2n) is 6.04. The van der Waals surface area contributed by atoms with E-state index in [-0.39, 0.29) is 23.1 Å². The van der Waals surface area contributed by atoms with Crippen LogP contribution in [-0.2, 0) is 6.42 Å². The fourth-order valence-corrected chi connectivity index (χ4v) is 2.53. The van der Waals surface area contributed by atoms with Crippen molar-refractivity contribution in [2.45, 2.75) is 13.3 Å². The lowest BCUT2D eigenvalue weighted by molar-refractivity contribution is 0.0949. The van der Waals surface area contributed by atoms with Gasteiger partial charge in [0.1, 0.15) is 22.9 Å². The van der Waals surface area contributed by atoms with Crippen LogP contribution in [0.4, 0.5) is 5.82 Å². The number of pyridine rings is 1. The number of ether oxygens (including phenoxy) is 1. The van der Waals surface area contributed by atoms with E-state index in [1.165, 1.54) is 6.07 Å². The first-order chi connectivity index (χ1) is 13.5. The molecule has 8 heteroatoms. The Balaban J connectivity index is 1.57. The number of rotatable bonds is 7. The molecule has 0 aliphatic heterocycles. The van der Waals surface area contributed by atoms with Crippen LogP contribution < -0.4 is 15.4 Å². The number of anilines is 1. The maximum absolute atomic E-state index is 12.3. The number of hydrogen-bond donors (Lipinski definition) is 2. The Kier molecular flexibility index (Phi) is 6.01. The summed E-state index contributed by atoms with van der Waals surface area (Å²) in [7, 11) is 1.61. The lowest BCUT2D eigenvalue weighted by Gasteiger charge is -2.07. The van der Waals surface area contributed by atoms with Crippen LogP contribution in [0.15, 0.2) is 53.1 Å². The highest BCUT2D eigenvalue weighted by Gasteiger charge is 2.13. The minimum atomic E-state index is -0.473. The number of amides is 2. The van der Waals surface area contributed by atoms with E-state index in [9.17, 15) is 9.59 Å². The molecule has 0 saturated heterocycles. The van der Waals surface area contributed by atoms with Gasteiger partial charge in [-0.25, -0.2) is 4.98 Å². The van der Waals surface area contributed by atoms with Crippen LogP contribution in [-0.4, -0.2) is 35.6 Å². The molecular formula is C20H20N4O4. The summed E-state index contributed by atoms with van der Waals surface area (Å²) in [5.41, 5.74) is 1.32. The summed E-state index contributed by atoms with van der Waals surface area (Å²) in [5, 5.41) is 9.07. The quantitative estimate of drug-likeness (QED) is 0.653. The zero-order valence-corrected chi connectivity index (χ0v) is 15.6. The molecule has 3 rings (SSSR count). The Labute approximate surface area is 161 Å². The molecule has 0 aliphatic rings. The van der Waals surface area contributed by atoms with E-state index in [1.807, 2.05) is 24.3 Å². The minimum Gasteiger partial charge on any atom is -0.497 e. The third-order valence-electron chi connectivity index (χ3n) is 3.92. The molecule has 2 aromatic heterocycles. The van der Waals surface area contributed by atoms with Crippen molar-refractivity contribution < 1.29 is 18.8 Å². The van der Waals surface area contributed by atoms with Gasteiger partial charge in [-0.05, 0) is 43.2 Å². The molecule has 0 radical (unpaired) electrons. The molecule has 2 amide bonds. The maximum atomic E-state index is 12.3. The fourth-order valence-electron chi connectivity index (χ4n) is 2.53. The van der Waals surface area contributed by atoms with Crippen LogP contribution in [0.5, 0.6) is 5.75 Å². The molecule has 0 spiro atoms. The first kappa shape index (κ1) is 19.1. The van der Waals surface area contributed by atoms with Gasteiger partial charge in [-0.2, -0.15) is 0 Å². The number of benzene rings is 1. The number of nitrogens with zero attached hydrogens (tertiary/aromatic N) is 2. The van der Waals surface area contributed by atoms with E-state index in [1.54, 1.807) is 32.2 Å². The molecule has 0 atom stereocenters. The van der Waals surface area contributed by atoms with Crippen LogP contribution in [0.25, 0.3) is 0 Å². The summed E-state index contributed by atoms with van der Waals surface area (Å²) in [6, 6.07) is 13.9. The molecule has 0 unspecified atom stereocenters. The topological polar surface area (TPSA) is 106 Å². The molecule has 0 aliphatic carbocycles. The third kappa shape index (κ3) is 4.94. The predicted molar refractivity (Wildman–Crippen MR) is 102 cm³/mol. The van der Waals surface area contributed by atoms with Crippen molar-refractivity contribution in [3.63, 3.8) is 0 Å². The summed E-state index contributed by atoms with van der Waals surface area (Å²) in [6.45, 7) is 2.15. The van der Waals surface area contributed by atoms with Crippen LogP contribution in [0.1, 0.15) is 32.3 Å². The first-order valence-electron chi connectivity index (χ1n) is 8.68. The zero-order chi connectivity index (χ0) is 19.9. The molecule has 0 bridgehead atoms. The number of aryl methyl sites for hydroxylation is 1. The van der Waals surface area contributed by atoms with E-state index < -0.39 is 5.91 Å². The Morgan fingerprint density at radius 1 is 1.07 bits per heavy atom. The fraction of sp³-hybridized carbons (Fsp3) is 0.200. The van der Waals surface area contributed by atoms with Gasteiger partial charge in [-0.1, -0.05) is 23.4 Å². The Bertz CT molecular complexity index is 984. The number of carbonyl (C=O) groups is 2. The monoisotopic (exact) mass is 380 g/mol. The van der Waals surface area contributed by atoms with E-state index in [4.69, 9.17) is 9.26 Å². The number of hydrogen-bond acceptors (Lipinski definition) is 6. The Morgan fingerprint density at radius 2 is 1.82 bits per heavy atom. The maximum Gasteiger partial charge on any atom is 0.275 e. The molecule has 144 valence electrons. The lowest BCUT2D eigenvalue weighted by atomic mass is 10.1. The average molecular weight is 380 g/mol. The van der Waals surface area contributed by atoms with Gasteiger partial charge >= 0.3 is 0 Å². The lowest BCUT2D eigenvalue weighted by Crippen LogP contribution is -2.27. The van der Waals surface area contributed by atoms with E-state index in [0.717, 1.165) is 11.3 Å². The van der Waals surface area contributed by atoms with Crippen LogP contribution >= 0.6 is 0 Å². The van der Waals surface area contributed by atoms with Gasteiger partial charge in [0.2, 0.25) is 0 Å². The van der Waals surface area contributed by atoms with Crippen molar-refractivity contribution in [2.75, 3.05) is 19.0 Å². The summed E-state index contributed by atoms with van der Waals surface area (Å²) < 4.78 is 10.1. The standard InChI is InChI=1S/C20H20N4O4/c1-13-11-18(24-28-13)23-20(26)17-8-4-7-16(22-17)19(25)21-10-9-14-5-3-6-15(12-14)27-2/h3-8,11-12H,9-10H2,1-2H3,(H,21,25)(H,23,24,26). The Morgan fingerprint density at radius 3 is 2.54 bits per heavy atom. The normalized spacial score (nSPS) is 10.4. The zero-order valence-electron chi connectivity index (χ0n) is 15.6. The van der Waals surface area contributed by atoms with Gasteiger partial charge in [0.15, 0.2) is 5.82 Å². The highest BCUT2D eigenvalue weighted by molar-refractivity contribution is 6.03. The van der Waals surface area contributed by atoms with Crippen molar-refractivity contribution >= 4 is 17.6 Å². The Hall–Kier alpha value is -3.68. The van der Waals surface area contributed by atoms with E-state index in [0.29, 0.717) is 18.7 Å². The highest BCUT2D eigenvalue weighted by Crippen LogP contribution is 2.13. The average Bonchev–Trinajstić information content (AvgIpc) is 3.12. The molecule has 1 aromatic carbocycles. The van der Waals surface area contributed by atoms with Gasteiger partial charge in [-0.3, -0.25) is 9.59 Å². The van der Waals surface area contributed by atoms with Crippen LogP contribution in [0.3, 0.4) is 0 Å². The van der Waals surface area contributed by atoms with Crippen LogP contribution in [0, 0.1) is 6.92 Å². The van der Waals surface area contributed by atoms with Crippen molar-refractivity contribution in [1.82, 2.24) is 15.5 Å². The minimum absolute atomic E-state index is 0.112. The second-order valence-corrected chi connectivity index (χ2v) is 6.04. The van der Waals surface area contributed by atoms with Gasteiger partial charge in [0, 0.05) is 12.6 Å². The van der Waals surface area contributed by atoms with Crippen molar-refractivity contribution in [2.24, 2.45) is 0 Å². The highest BCUT2D eigenvalue weighted by atomic mass is 16.5. The summed E-state index contributed by atoms with van der Waals surface area (Å²) in [4.78, 5) is 28.7. The summed E-state index contributed by atoms with van der Waals surface area (Å²) in [6.07, 6.45) is 0.647. The van der Waals surface area contributed by atoms with Crippen molar-refractivity contribution in [1.29, 1.82) is 0 Å². The van der Waals surface area contributed by atoms with E-state index in [2.05, 4.69) is 20.8 Å². The van der Waals surface area contributed by atoms with Gasteiger partial charge < -0.3 is 19.9 Å². The second kappa shape index (κ2) is 8.81. The predicted octanol–water partition coefficient (Wildman–Crippen LogP) is 2.61. The van der Waals surface area contributed by atoms with E-state index >= 15 is 0 Å². The van der Waals surface area contributed by atoms with Gasteiger partial charge in [0.25, 0.3) is 11.8 Å². The number of methoxy groups -OCH3 is 1. The largest absolute Gasteiger partial charge is 0.497 e. The molecule has 2 heterocycles. The molecule has 28 heavy (non-hydrogen) atoms. The molecule has 0 saturated carbocycles. The third-order valence-corrected chi connectivity index (χ3v) is 3.92. The molecule has 8 nitrogen and oxygen atoms in total. The first-order valence-corrected chi connectivity index (χ1v) is 8.68. The number of carbonyl (C=O) groups excluding carboxylic acids is 2. The molecule has 0 fully saturated rings. The molecule has 3 aromatic rings. The summed E-state index contributed by atoms with van der Waals surface area (Å²) >= 11 is 0. The molecule has 2 N–H and O–H groups in total.